The quantitative estimate of drug-likeness (QED) is 0.218. The second-order valence-corrected chi connectivity index (χ2v) is 10.3. The van der Waals surface area contributed by atoms with E-state index in [4.69, 9.17) is 9.47 Å². The van der Waals surface area contributed by atoms with Crippen molar-refractivity contribution in [1.82, 2.24) is 4.90 Å². The van der Waals surface area contributed by atoms with Gasteiger partial charge < -0.3 is 14.4 Å². The first-order valence-electron chi connectivity index (χ1n) is 13.4. The smallest absolute Gasteiger partial charge is 0.258 e. The van der Waals surface area contributed by atoms with Crippen LogP contribution in [0.4, 0.5) is 0 Å². The van der Waals surface area contributed by atoms with E-state index in [2.05, 4.69) is 6.58 Å². The molecule has 0 bridgehead atoms. The number of carbonyl (C=O) groups excluding carboxylic acids is 2. The van der Waals surface area contributed by atoms with E-state index in [1.165, 1.54) is 0 Å². The molecule has 0 atom stereocenters. The predicted molar refractivity (Wildman–Crippen MR) is 157 cm³/mol. The van der Waals surface area contributed by atoms with Crippen LogP contribution in [0.2, 0.25) is 0 Å². The Morgan fingerprint density at radius 2 is 1.27 bits per heavy atom. The fourth-order valence-corrected chi connectivity index (χ4v) is 4.93. The highest BCUT2D eigenvalue weighted by atomic mass is 16.5. The Kier molecular flexibility index (Phi) is 8.11. The van der Waals surface area contributed by atoms with E-state index >= 15 is 0 Å². The Labute approximate surface area is 235 Å². The van der Waals surface area contributed by atoms with Gasteiger partial charge in [-0.15, -0.1) is 0 Å². The molecule has 4 aromatic carbocycles. The summed E-state index contributed by atoms with van der Waals surface area (Å²) in [5.74, 6) is 1.09. The highest BCUT2D eigenvalue weighted by Crippen LogP contribution is 2.36. The molecule has 4 aromatic rings. The molecule has 1 aliphatic rings. The number of fused-ring (bicyclic) bond motifs is 1. The summed E-state index contributed by atoms with van der Waals surface area (Å²) < 4.78 is 12.5. The van der Waals surface area contributed by atoms with Gasteiger partial charge in [-0.3, -0.25) is 9.59 Å². The number of hydrogen-bond acceptors (Lipinski definition) is 4. The van der Waals surface area contributed by atoms with E-state index in [1.54, 1.807) is 6.92 Å². The molecule has 5 heteroatoms. The second-order valence-electron chi connectivity index (χ2n) is 10.3. The third kappa shape index (κ3) is 6.32. The van der Waals surface area contributed by atoms with Crippen LogP contribution in [-0.4, -0.2) is 16.6 Å². The summed E-state index contributed by atoms with van der Waals surface area (Å²) in [5, 5.41) is 0. The number of benzene rings is 4. The Hall–Kier alpha value is -4.64. The minimum Gasteiger partial charge on any atom is -0.488 e. The molecule has 1 aliphatic heterocycles. The maximum Gasteiger partial charge on any atom is 0.258 e. The number of rotatable bonds is 10. The van der Waals surface area contributed by atoms with Crippen LogP contribution in [0.25, 0.3) is 5.57 Å². The number of hydrogen-bond donors (Lipinski definition) is 0. The molecule has 0 saturated carbocycles. The normalized spacial score (nSPS) is 12.1. The van der Waals surface area contributed by atoms with Crippen molar-refractivity contribution in [2.75, 3.05) is 0 Å². The first-order valence-corrected chi connectivity index (χ1v) is 13.4. The lowest BCUT2D eigenvalue weighted by atomic mass is 10.0. The molecule has 1 amide bonds. The topological polar surface area (TPSA) is 55.8 Å². The van der Waals surface area contributed by atoms with Crippen LogP contribution >= 0.6 is 0 Å². The first kappa shape index (κ1) is 26.9. The first-order chi connectivity index (χ1) is 19.4. The van der Waals surface area contributed by atoms with E-state index in [0.29, 0.717) is 49.8 Å². The summed E-state index contributed by atoms with van der Waals surface area (Å²) in [5.41, 5.74) is 7.22. The average molecular weight is 532 g/mol. The number of carbonyl (C=O) groups is 2. The molecule has 0 radical (unpaired) electrons. The standard InChI is InChI=1S/C35H33NO4/c1-24(2)31-18-32(35(38)36-20-29-15-14-28(16-25(3)37)17-30(29)21-36)34(40-23-27-12-8-5-9-13-27)19-33(31)39-22-26-10-6-4-7-11-26/h4-15,17-19H,1,16,20-23H2,2-3H3. The predicted octanol–water partition coefficient (Wildman–Crippen LogP) is 7.17. The van der Waals surface area contributed by atoms with E-state index in [1.807, 2.05) is 103 Å². The monoisotopic (exact) mass is 531 g/mol. The summed E-state index contributed by atoms with van der Waals surface area (Å²) in [6.07, 6.45) is 0.394. The van der Waals surface area contributed by atoms with Gasteiger partial charge in [-0.05, 0) is 53.3 Å². The third-order valence-corrected chi connectivity index (χ3v) is 6.98. The van der Waals surface area contributed by atoms with Gasteiger partial charge in [0.1, 0.15) is 30.5 Å². The molecular weight excluding hydrogens is 498 g/mol. The van der Waals surface area contributed by atoms with E-state index in [9.17, 15) is 9.59 Å². The fraction of sp³-hybridized carbons (Fsp3) is 0.200. The number of nitrogens with zero attached hydrogens (tertiary/aromatic N) is 1. The van der Waals surface area contributed by atoms with Crippen molar-refractivity contribution in [1.29, 1.82) is 0 Å². The van der Waals surface area contributed by atoms with Gasteiger partial charge >= 0.3 is 0 Å². The zero-order valence-electron chi connectivity index (χ0n) is 23.0. The van der Waals surface area contributed by atoms with Gasteiger partial charge in [0.25, 0.3) is 5.91 Å². The minimum absolute atomic E-state index is 0.119. The molecule has 1 heterocycles. The Morgan fingerprint density at radius 3 is 1.85 bits per heavy atom. The van der Waals surface area contributed by atoms with Crippen molar-refractivity contribution < 1.29 is 19.1 Å². The minimum atomic E-state index is -0.121. The summed E-state index contributed by atoms with van der Waals surface area (Å²) in [4.78, 5) is 27.4. The summed E-state index contributed by atoms with van der Waals surface area (Å²) in [6, 6.07) is 29.5. The van der Waals surface area contributed by atoms with E-state index < -0.39 is 0 Å². The Bertz CT molecular complexity index is 1540. The van der Waals surface area contributed by atoms with Gasteiger partial charge in [-0.1, -0.05) is 85.4 Å². The molecule has 40 heavy (non-hydrogen) atoms. The lowest BCUT2D eigenvalue weighted by Crippen LogP contribution is -2.26. The largest absolute Gasteiger partial charge is 0.488 e. The number of ether oxygens (including phenoxy) is 2. The van der Waals surface area contributed by atoms with Crippen molar-refractivity contribution in [2.24, 2.45) is 0 Å². The summed E-state index contributed by atoms with van der Waals surface area (Å²) >= 11 is 0. The Balaban J connectivity index is 1.46. The molecule has 0 spiro atoms. The molecule has 0 fully saturated rings. The molecule has 0 unspecified atom stereocenters. The van der Waals surface area contributed by atoms with Crippen LogP contribution < -0.4 is 9.47 Å². The molecule has 0 aliphatic carbocycles. The van der Waals surface area contributed by atoms with E-state index in [-0.39, 0.29) is 11.7 Å². The van der Waals surface area contributed by atoms with Crippen LogP contribution in [0.3, 0.4) is 0 Å². The number of allylic oxidation sites excluding steroid dienone is 1. The van der Waals surface area contributed by atoms with Crippen molar-refractivity contribution in [3.63, 3.8) is 0 Å². The molecule has 5 rings (SSSR count). The Morgan fingerprint density at radius 1 is 0.700 bits per heavy atom. The van der Waals surface area contributed by atoms with Crippen LogP contribution in [-0.2, 0) is 37.5 Å². The third-order valence-electron chi connectivity index (χ3n) is 6.98. The number of ketones is 1. The number of amides is 1. The van der Waals surface area contributed by atoms with Gasteiger partial charge in [-0.2, -0.15) is 0 Å². The fourth-order valence-electron chi connectivity index (χ4n) is 4.93. The van der Waals surface area contributed by atoms with Gasteiger partial charge in [0.05, 0.1) is 5.56 Å². The van der Waals surface area contributed by atoms with E-state index in [0.717, 1.165) is 39.0 Å². The molecule has 5 nitrogen and oxygen atoms in total. The molecule has 0 saturated heterocycles. The zero-order chi connectivity index (χ0) is 28.1. The van der Waals surface area contributed by atoms with Crippen LogP contribution in [0, 0.1) is 0 Å². The summed E-state index contributed by atoms with van der Waals surface area (Å²) in [7, 11) is 0. The number of Topliss-reactive ketones (excluding diaryl/α,β-unsaturated/α-hetero) is 1. The van der Waals surface area contributed by atoms with Crippen molar-refractivity contribution in [3.05, 3.63) is 137 Å². The average Bonchev–Trinajstić information content (AvgIpc) is 3.38. The molecular formula is C35H33NO4. The van der Waals surface area contributed by atoms with Crippen LogP contribution in [0.15, 0.2) is 97.6 Å². The second kappa shape index (κ2) is 12.0. The zero-order valence-corrected chi connectivity index (χ0v) is 23.0. The highest BCUT2D eigenvalue weighted by molar-refractivity contribution is 5.98. The van der Waals surface area contributed by atoms with Crippen molar-refractivity contribution in [2.45, 2.75) is 46.6 Å². The highest BCUT2D eigenvalue weighted by Gasteiger charge is 2.28. The SMILES string of the molecule is C=C(C)c1cc(C(=O)N2Cc3ccc(CC(C)=O)cc3C2)c(OCc2ccccc2)cc1OCc1ccccc1. The molecule has 202 valence electrons. The van der Waals surface area contributed by atoms with Gasteiger partial charge in [0.2, 0.25) is 0 Å². The molecule has 0 N–H and O–H groups in total. The van der Waals surface area contributed by atoms with Crippen LogP contribution in [0.1, 0.15) is 57.6 Å². The van der Waals surface area contributed by atoms with Crippen molar-refractivity contribution >= 4 is 17.3 Å². The van der Waals surface area contributed by atoms with Gasteiger partial charge in [0.15, 0.2) is 0 Å². The van der Waals surface area contributed by atoms with Gasteiger partial charge in [-0.25, -0.2) is 0 Å². The maximum atomic E-state index is 14.0. The summed E-state index contributed by atoms with van der Waals surface area (Å²) in [6.45, 7) is 9.34. The van der Waals surface area contributed by atoms with Gasteiger partial charge in [0, 0.05) is 31.1 Å². The van der Waals surface area contributed by atoms with Crippen LogP contribution in [0.5, 0.6) is 11.5 Å². The maximum absolute atomic E-state index is 14.0. The lowest BCUT2D eigenvalue weighted by molar-refractivity contribution is -0.116. The lowest BCUT2D eigenvalue weighted by Gasteiger charge is -2.21. The van der Waals surface area contributed by atoms with Crippen molar-refractivity contribution in [3.8, 4) is 11.5 Å². The molecule has 0 aromatic heterocycles.